The minimum absolute atomic E-state index is 0.102. The molecule has 13 nitrogen and oxygen atoms in total. The van der Waals surface area contributed by atoms with Crippen LogP contribution >= 0.6 is 0 Å². The fourth-order valence-corrected chi connectivity index (χ4v) is 6.03. The third-order valence-electron chi connectivity index (χ3n) is 8.53. The fraction of sp³-hybridized carbons (Fsp3) is 0.880. The number of aliphatic hydroxyl groups excluding tert-OH is 1. The summed E-state index contributed by atoms with van der Waals surface area (Å²) in [7, 11) is -0.434. The smallest absolute Gasteiger partial charge is 0.457 e. The zero-order chi connectivity index (χ0) is 29.4. The Bertz CT molecular complexity index is 991. The van der Waals surface area contributed by atoms with Crippen molar-refractivity contribution in [3.63, 3.8) is 0 Å². The quantitative estimate of drug-likeness (QED) is 0.169. The van der Waals surface area contributed by atoms with Gasteiger partial charge in [0, 0.05) is 18.0 Å². The standard InChI is InChI=1S/C25H42BN5O8/c1-22(2,3)37-21(36)28-18(14-32)19(33)31-12-15-11-25(20(34)35,29-30-27)17(16(15)13-31)9-8-10-26-38-23(4,5)24(6,7)39-26/h15-18,32H,8-14H2,1-7H3,(H,28,36)(H,34,35)/t15-,16+,17-,18?,25-/m0/s1. The van der Waals surface area contributed by atoms with Crippen LogP contribution in [0, 0.1) is 17.8 Å². The molecule has 5 atom stereocenters. The van der Waals surface area contributed by atoms with E-state index in [4.69, 9.17) is 14.0 Å². The van der Waals surface area contributed by atoms with E-state index in [2.05, 4.69) is 15.3 Å². The molecule has 2 aliphatic heterocycles. The Labute approximate surface area is 229 Å². The first-order chi connectivity index (χ1) is 18.0. The molecule has 1 aliphatic carbocycles. The highest BCUT2D eigenvalue weighted by Crippen LogP contribution is 2.53. The summed E-state index contributed by atoms with van der Waals surface area (Å²) < 4.78 is 17.3. The first-order valence-corrected chi connectivity index (χ1v) is 13.5. The molecule has 2 saturated heterocycles. The van der Waals surface area contributed by atoms with E-state index in [0.717, 1.165) is 0 Å². The van der Waals surface area contributed by atoms with Crippen LogP contribution in [-0.4, -0.2) is 88.3 Å². The molecule has 2 heterocycles. The lowest BCUT2D eigenvalue weighted by molar-refractivity contribution is -0.145. The van der Waals surface area contributed by atoms with Gasteiger partial charge in [-0.25, -0.2) is 4.79 Å². The molecule has 0 aromatic rings. The van der Waals surface area contributed by atoms with Gasteiger partial charge in [-0.05, 0) is 90.9 Å². The van der Waals surface area contributed by atoms with E-state index in [9.17, 15) is 30.1 Å². The molecule has 3 aliphatic rings. The molecule has 1 unspecified atom stereocenters. The second kappa shape index (κ2) is 11.2. The van der Waals surface area contributed by atoms with Crippen LogP contribution in [0.4, 0.5) is 4.79 Å². The highest BCUT2D eigenvalue weighted by Gasteiger charge is 2.60. The third kappa shape index (κ3) is 6.45. The predicted octanol–water partition coefficient (Wildman–Crippen LogP) is 2.97. The second-order valence-electron chi connectivity index (χ2n) is 12.9. The highest BCUT2D eigenvalue weighted by atomic mass is 16.7. The van der Waals surface area contributed by atoms with Gasteiger partial charge in [-0.3, -0.25) is 9.59 Å². The Morgan fingerprint density at radius 1 is 1.21 bits per heavy atom. The molecule has 39 heavy (non-hydrogen) atoms. The van der Waals surface area contributed by atoms with Gasteiger partial charge in [0.05, 0.1) is 17.8 Å². The zero-order valence-corrected chi connectivity index (χ0v) is 24.0. The number of rotatable bonds is 9. The Morgan fingerprint density at radius 2 is 1.82 bits per heavy atom. The first kappa shape index (κ1) is 31.0. The van der Waals surface area contributed by atoms with Crippen molar-refractivity contribution < 1.29 is 38.6 Å². The number of aliphatic hydroxyl groups is 1. The van der Waals surface area contributed by atoms with Gasteiger partial charge in [-0.2, -0.15) is 0 Å². The van der Waals surface area contributed by atoms with Gasteiger partial charge in [-0.15, -0.1) is 0 Å². The number of amides is 2. The lowest BCUT2D eigenvalue weighted by Gasteiger charge is -2.32. The first-order valence-electron chi connectivity index (χ1n) is 13.5. The molecule has 0 aromatic carbocycles. The Morgan fingerprint density at radius 3 is 2.33 bits per heavy atom. The molecule has 0 bridgehead atoms. The van der Waals surface area contributed by atoms with E-state index in [1.54, 1.807) is 20.8 Å². The molecule has 218 valence electrons. The summed E-state index contributed by atoms with van der Waals surface area (Å²) in [6.45, 7) is 12.8. The number of fused-ring (bicyclic) bond motifs is 1. The van der Waals surface area contributed by atoms with Crippen LogP contribution in [0.15, 0.2) is 5.11 Å². The SMILES string of the molecule is CC(C)(C)OC(=O)NC(CO)C(=O)N1C[C@@H]2C[C@@](N=[N+]=[N-])(C(=O)O)[C@@H](CCCB3OC(C)(C)C(C)(C)O3)[C@@H]2C1. The van der Waals surface area contributed by atoms with E-state index >= 15 is 0 Å². The van der Waals surface area contributed by atoms with Gasteiger partial charge in [0.15, 0.2) is 0 Å². The molecule has 3 rings (SSSR count). The lowest BCUT2D eigenvalue weighted by atomic mass is 9.75. The average molecular weight is 551 g/mol. The Kier molecular flexibility index (Phi) is 8.86. The van der Waals surface area contributed by atoms with Gasteiger partial charge in [0.25, 0.3) is 0 Å². The number of aliphatic carboxylic acids is 1. The average Bonchev–Trinajstić information content (AvgIpc) is 3.38. The monoisotopic (exact) mass is 551 g/mol. The van der Waals surface area contributed by atoms with E-state index < -0.39 is 66.0 Å². The number of hydrogen-bond donors (Lipinski definition) is 3. The lowest BCUT2D eigenvalue weighted by Crippen LogP contribution is -2.52. The third-order valence-corrected chi connectivity index (χ3v) is 8.53. The summed E-state index contributed by atoms with van der Waals surface area (Å²) in [5, 5.41) is 26.2. The van der Waals surface area contributed by atoms with Gasteiger partial charge in [0.1, 0.15) is 17.2 Å². The summed E-state index contributed by atoms with van der Waals surface area (Å²) in [5.74, 6) is -2.60. The maximum atomic E-state index is 13.2. The largest absolute Gasteiger partial charge is 0.481 e. The molecule has 0 radical (unpaired) electrons. The van der Waals surface area contributed by atoms with Gasteiger partial charge in [-0.1, -0.05) is 11.5 Å². The number of nitrogens with zero attached hydrogens (tertiary/aromatic N) is 4. The van der Waals surface area contributed by atoms with Gasteiger partial charge < -0.3 is 34.5 Å². The topological polar surface area (TPSA) is 183 Å². The number of ether oxygens (including phenoxy) is 1. The van der Waals surface area contributed by atoms with Gasteiger partial charge in [0.2, 0.25) is 5.91 Å². The van der Waals surface area contributed by atoms with E-state index in [1.165, 1.54) is 4.90 Å². The number of carbonyl (C=O) groups excluding carboxylic acids is 2. The van der Waals surface area contributed by atoms with Crippen LogP contribution in [0.25, 0.3) is 10.4 Å². The number of carbonyl (C=O) groups is 3. The maximum absolute atomic E-state index is 13.2. The number of alkyl carbamates (subject to hydrolysis) is 1. The van der Waals surface area contributed by atoms with Crippen molar-refractivity contribution in [2.24, 2.45) is 22.9 Å². The normalized spacial score (nSPS) is 29.9. The van der Waals surface area contributed by atoms with Crippen LogP contribution in [-0.2, 0) is 23.6 Å². The number of likely N-dealkylation sites (tertiary alicyclic amines) is 1. The molecule has 3 fully saturated rings. The second-order valence-corrected chi connectivity index (χ2v) is 12.9. The zero-order valence-electron chi connectivity index (χ0n) is 24.0. The van der Waals surface area contributed by atoms with Crippen LogP contribution in [0.5, 0.6) is 0 Å². The van der Waals surface area contributed by atoms with E-state index in [1.807, 2.05) is 27.7 Å². The van der Waals surface area contributed by atoms with Crippen molar-refractivity contribution in [1.82, 2.24) is 10.2 Å². The van der Waals surface area contributed by atoms with E-state index in [0.29, 0.717) is 19.2 Å². The van der Waals surface area contributed by atoms with Crippen molar-refractivity contribution in [1.29, 1.82) is 0 Å². The number of carboxylic acid groups (broad SMARTS) is 1. The van der Waals surface area contributed by atoms with Crippen molar-refractivity contribution >= 4 is 25.1 Å². The summed E-state index contributed by atoms with van der Waals surface area (Å²) in [5.41, 5.74) is 5.92. The van der Waals surface area contributed by atoms with Crippen LogP contribution < -0.4 is 5.32 Å². The number of carboxylic acids is 1. The Hall–Kier alpha value is -2.54. The maximum Gasteiger partial charge on any atom is 0.457 e. The van der Waals surface area contributed by atoms with Crippen LogP contribution in [0.2, 0.25) is 6.32 Å². The summed E-state index contributed by atoms with van der Waals surface area (Å²) in [6.07, 6.45) is 0.849. The minimum atomic E-state index is -1.61. The number of hydrogen-bond acceptors (Lipinski definition) is 8. The molecule has 1 saturated carbocycles. The fourth-order valence-electron chi connectivity index (χ4n) is 6.03. The molecule has 0 aromatic heterocycles. The molecule has 2 amide bonds. The number of azide groups is 1. The van der Waals surface area contributed by atoms with Gasteiger partial charge >= 0.3 is 19.2 Å². The van der Waals surface area contributed by atoms with E-state index in [-0.39, 0.29) is 31.3 Å². The van der Waals surface area contributed by atoms with Crippen LogP contribution in [0.3, 0.4) is 0 Å². The van der Waals surface area contributed by atoms with Crippen molar-refractivity contribution in [2.75, 3.05) is 19.7 Å². The van der Waals surface area contributed by atoms with Crippen LogP contribution in [0.1, 0.15) is 67.7 Å². The predicted molar refractivity (Wildman–Crippen MR) is 142 cm³/mol. The summed E-state index contributed by atoms with van der Waals surface area (Å²) in [6, 6.07) is -1.19. The summed E-state index contributed by atoms with van der Waals surface area (Å²) in [4.78, 5) is 42.3. The molecular formula is C25H42BN5O8. The van der Waals surface area contributed by atoms with Crippen molar-refractivity contribution in [3.05, 3.63) is 10.4 Å². The molecular weight excluding hydrogens is 509 g/mol. The molecule has 14 heteroatoms. The highest BCUT2D eigenvalue weighted by molar-refractivity contribution is 6.45. The molecule has 0 spiro atoms. The Balaban J connectivity index is 1.71. The molecule has 3 N–H and O–H groups in total. The van der Waals surface area contributed by atoms with Crippen molar-refractivity contribution in [2.45, 2.75) is 102 Å². The summed E-state index contributed by atoms with van der Waals surface area (Å²) >= 11 is 0. The van der Waals surface area contributed by atoms with Crippen molar-refractivity contribution in [3.8, 4) is 0 Å². The minimum Gasteiger partial charge on any atom is -0.481 e. The number of nitrogens with one attached hydrogen (secondary N) is 1.